The van der Waals surface area contributed by atoms with Crippen molar-refractivity contribution < 1.29 is 29.2 Å². The van der Waals surface area contributed by atoms with Gasteiger partial charge in [-0.05, 0) is 35.4 Å². The summed E-state index contributed by atoms with van der Waals surface area (Å²) in [6, 6.07) is 7.31. The molecule has 2 atom stereocenters. The molecule has 0 saturated carbocycles. The molecule has 2 aromatic carbocycles. The van der Waals surface area contributed by atoms with Gasteiger partial charge in [0, 0.05) is 24.0 Å². The lowest BCUT2D eigenvalue weighted by atomic mass is 9.95. The number of phenolic OH excluding ortho intramolecular Hbond substituents is 2. The van der Waals surface area contributed by atoms with Crippen molar-refractivity contribution >= 4 is 0 Å². The Morgan fingerprint density at radius 1 is 0.885 bits per heavy atom. The van der Waals surface area contributed by atoms with E-state index >= 15 is 0 Å². The molecule has 0 amide bonds. The predicted octanol–water partition coefficient (Wildman–Crippen LogP) is 2.66. The van der Waals surface area contributed by atoms with Crippen LogP contribution in [0.1, 0.15) is 11.1 Å². The van der Waals surface area contributed by atoms with Gasteiger partial charge in [0.25, 0.3) is 0 Å². The Morgan fingerprint density at radius 2 is 1.46 bits per heavy atom. The van der Waals surface area contributed by atoms with Gasteiger partial charge in [-0.15, -0.1) is 0 Å². The number of methoxy groups -OCH3 is 2. The number of ether oxygens (including phenoxy) is 4. The molecule has 4 rings (SSSR count). The molecule has 2 aromatic rings. The smallest absolute Gasteiger partial charge is 0.168 e. The molecule has 0 spiro atoms. The van der Waals surface area contributed by atoms with E-state index in [1.807, 2.05) is 18.2 Å². The van der Waals surface area contributed by atoms with Crippen molar-refractivity contribution in [1.82, 2.24) is 0 Å². The van der Waals surface area contributed by atoms with Crippen molar-refractivity contribution in [3.8, 4) is 34.1 Å². The minimum absolute atomic E-state index is 0.157. The fraction of sp³-hybridized carbons (Fsp3) is 0.400. The molecule has 0 aromatic heterocycles. The second-order valence-corrected chi connectivity index (χ2v) is 6.71. The molecule has 2 aliphatic heterocycles. The lowest BCUT2D eigenvalue weighted by molar-refractivity contribution is 0.354. The van der Waals surface area contributed by atoms with Crippen LogP contribution in [0.2, 0.25) is 0 Å². The largest absolute Gasteiger partial charge is 0.504 e. The highest BCUT2D eigenvalue weighted by Gasteiger charge is 2.27. The Balaban J connectivity index is 1.82. The Hall–Kier alpha value is -2.44. The molecule has 6 heteroatoms. The minimum Gasteiger partial charge on any atom is -0.504 e. The zero-order valence-corrected chi connectivity index (χ0v) is 14.8. The summed E-state index contributed by atoms with van der Waals surface area (Å²) in [6.45, 7) is 1.48. The van der Waals surface area contributed by atoms with Crippen LogP contribution >= 0.6 is 0 Å². The lowest BCUT2D eigenvalue weighted by Crippen LogP contribution is -2.00. The minimum atomic E-state index is -0.175. The average Bonchev–Trinajstić information content (AvgIpc) is 3.54. The summed E-state index contributed by atoms with van der Waals surface area (Å²) in [6.07, 6.45) is 1.86. The maximum atomic E-state index is 10.5. The fourth-order valence-electron chi connectivity index (χ4n) is 3.24. The Morgan fingerprint density at radius 3 is 2.00 bits per heavy atom. The van der Waals surface area contributed by atoms with Gasteiger partial charge in [-0.25, -0.2) is 0 Å². The summed E-state index contributed by atoms with van der Waals surface area (Å²) in [4.78, 5) is 0. The molecular weight excluding hydrogens is 336 g/mol. The number of aromatic hydroxyl groups is 2. The van der Waals surface area contributed by atoms with Crippen LogP contribution in [0.4, 0.5) is 0 Å². The van der Waals surface area contributed by atoms with Gasteiger partial charge < -0.3 is 29.2 Å². The molecule has 2 N–H and O–H groups in total. The number of phenols is 2. The second-order valence-electron chi connectivity index (χ2n) is 6.71. The SMILES string of the molecule is COc1cc(CC2CO2)cc(-c2cc(CC3CO3)cc(O)c2O)c1OC. The first-order valence-corrected chi connectivity index (χ1v) is 8.62. The topological polar surface area (TPSA) is 84.0 Å². The zero-order chi connectivity index (χ0) is 18.3. The first kappa shape index (κ1) is 17.0. The summed E-state index contributed by atoms with van der Waals surface area (Å²) in [5.74, 6) is 0.763. The van der Waals surface area contributed by atoms with Gasteiger partial charge >= 0.3 is 0 Å². The van der Waals surface area contributed by atoms with Gasteiger partial charge in [-0.3, -0.25) is 0 Å². The average molecular weight is 358 g/mol. The van der Waals surface area contributed by atoms with E-state index in [1.54, 1.807) is 20.3 Å². The van der Waals surface area contributed by atoms with Gasteiger partial charge in [0.15, 0.2) is 23.0 Å². The van der Waals surface area contributed by atoms with Crippen LogP contribution in [0, 0.1) is 0 Å². The van der Waals surface area contributed by atoms with Crippen LogP contribution in [0.15, 0.2) is 24.3 Å². The lowest BCUT2D eigenvalue weighted by Gasteiger charge is -2.17. The molecule has 2 heterocycles. The van der Waals surface area contributed by atoms with E-state index in [0.717, 1.165) is 30.8 Å². The third-order valence-corrected chi connectivity index (χ3v) is 4.71. The number of hydrogen-bond acceptors (Lipinski definition) is 6. The summed E-state index contributed by atoms with van der Waals surface area (Å²) in [5, 5.41) is 20.7. The van der Waals surface area contributed by atoms with E-state index in [1.165, 1.54) is 0 Å². The van der Waals surface area contributed by atoms with Crippen LogP contribution in [0.5, 0.6) is 23.0 Å². The normalized spacial score (nSPS) is 20.7. The third-order valence-electron chi connectivity index (χ3n) is 4.71. The summed E-state index contributed by atoms with van der Waals surface area (Å²) in [7, 11) is 3.14. The maximum Gasteiger partial charge on any atom is 0.168 e. The fourth-order valence-corrected chi connectivity index (χ4v) is 3.24. The van der Waals surface area contributed by atoms with Crippen molar-refractivity contribution in [1.29, 1.82) is 0 Å². The van der Waals surface area contributed by atoms with Crippen LogP contribution < -0.4 is 9.47 Å². The molecule has 138 valence electrons. The summed E-state index contributed by atoms with van der Waals surface area (Å²) in [5.41, 5.74) is 3.10. The highest BCUT2D eigenvalue weighted by molar-refractivity contribution is 5.81. The maximum absolute atomic E-state index is 10.5. The van der Waals surface area contributed by atoms with E-state index in [4.69, 9.17) is 18.9 Å². The first-order chi connectivity index (χ1) is 12.6. The second kappa shape index (κ2) is 6.70. The quantitative estimate of drug-likeness (QED) is 0.585. The summed E-state index contributed by atoms with van der Waals surface area (Å²) < 4.78 is 21.6. The number of rotatable bonds is 7. The van der Waals surface area contributed by atoms with Crippen LogP contribution in [-0.2, 0) is 22.3 Å². The molecule has 0 bridgehead atoms. The van der Waals surface area contributed by atoms with E-state index in [9.17, 15) is 10.2 Å². The Labute approximate surface area is 151 Å². The van der Waals surface area contributed by atoms with Gasteiger partial charge in [0.2, 0.25) is 0 Å². The van der Waals surface area contributed by atoms with Crippen LogP contribution in [-0.4, -0.2) is 49.9 Å². The van der Waals surface area contributed by atoms with Crippen molar-refractivity contribution in [2.45, 2.75) is 25.0 Å². The molecule has 6 nitrogen and oxygen atoms in total. The van der Waals surface area contributed by atoms with Crippen molar-refractivity contribution in [2.24, 2.45) is 0 Å². The molecule has 2 saturated heterocycles. The third kappa shape index (κ3) is 3.43. The molecular formula is C20H22O6. The van der Waals surface area contributed by atoms with Gasteiger partial charge in [0.1, 0.15) is 0 Å². The van der Waals surface area contributed by atoms with E-state index < -0.39 is 0 Å². The predicted molar refractivity (Wildman–Crippen MR) is 95.2 cm³/mol. The highest BCUT2D eigenvalue weighted by Crippen LogP contribution is 2.46. The number of benzene rings is 2. The monoisotopic (exact) mass is 358 g/mol. The molecule has 0 radical (unpaired) electrons. The molecule has 2 unspecified atom stereocenters. The van der Waals surface area contributed by atoms with E-state index in [0.29, 0.717) is 29.0 Å². The van der Waals surface area contributed by atoms with Crippen LogP contribution in [0.25, 0.3) is 11.1 Å². The zero-order valence-electron chi connectivity index (χ0n) is 14.8. The molecule has 0 aliphatic carbocycles. The van der Waals surface area contributed by atoms with Gasteiger partial charge in [0.05, 0.1) is 39.6 Å². The van der Waals surface area contributed by atoms with E-state index in [-0.39, 0.29) is 23.7 Å². The number of epoxide rings is 2. The molecule has 2 aliphatic rings. The van der Waals surface area contributed by atoms with Crippen molar-refractivity contribution in [3.63, 3.8) is 0 Å². The summed E-state index contributed by atoms with van der Waals surface area (Å²) >= 11 is 0. The molecule has 26 heavy (non-hydrogen) atoms. The van der Waals surface area contributed by atoms with E-state index in [2.05, 4.69) is 0 Å². The van der Waals surface area contributed by atoms with Crippen molar-refractivity contribution in [3.05, 3.63) is 35.4 Å². The molecule has 2 fully saturated rings. The van der Waals surface area contributed by atoms with Crippen LogP contribution in [0.3, 0.4) is 0 Å². The standard InChI is InChI=1S/C20H22O6/c1-23-18-8-12(4-14-10-26-14)6-16(20(18)24-2)15-5-11(3-13-9-25-13)7-17(21)19(15)22/h5-8,13-14,21-22H,3-4,9-10H2,1-2H3. The number of hydrogen-bond donors (Lipinski definition) is 2. The van der Waals surface area contributed by atoms with Gasteiger partial charge in [-0.1, -0.05) is 0 Å². The highest BCUT2D eigenvalue weighted by atomic mass is 16.6. The van der Waals surface area contributed by atoms with Gasteiger partial charge in [-0.2, -0.15) is 0 Å². The Kier molecular flexibility index (Phi) is 4.38. The van der Waals surface area contributed by atoms with Crippen molar-refractivity contribution in [2.75, 3.05) is 27.4 Å². The first-order valence-electron chi connectivity index (χ1n) is 8.62. The Bertz CT molecular complexity index is 824.